The Balaban J connectivity index is 1.92. The van der Waals surface area contributed by atoms with Crippen LogP contribution in [-0.4, -0.2) is 12.5 Å². The van der Waals surface area contributed by atoms with Crippen molar-refractivity contribution in [1.29, 1.82) is 0 Å². The molecule has 0 unspecified atom stereocenters. The average Bonchev–Trinajstić information content (AvgIpc) is 2.93. The van der Waals surface area contributed by atoms with Gasteiger partial charge in [-0.1, -0.05) is 11.8 Å². The summed E-state index contributed by atoms with van der Waals surface area (Å²) in [4.78, 5) is 13.8. The van der Waals surface area contributed by atoms with Crippen molar-refractivity contribution in [2.75, 3.05) is 11.9 Å². The third-order valence-corrected chi connectivity index (χ3v) is 4.58. The molecule has 0 spiro atoms. The van der Waals surface area contributed by atoms with Crippen molar-refractivity contribution in [3.8, 4) is 5.75 Å². The molecule has 0 radical (unpaired) electrons. The van der Waals surface area contributed by atoms with Crippen LogP contribution in [0.5, 0.6) is 5.75 Å². The molecule has 0 aliphatic carbocycles. The van der Waals surface area contributed by atoms with E-state index in [1.54, 1.807) is 11.3 Å². The lowest BCUT2D eigenvalue weighted by Gasteiger charge is -2.19. The molecule has 0 fully saturated rings. The van der Waals surface area contributed by atoms with Gasteiger partial charge in [-0.15, -0.1) is 0 Å². The first-order valence-electron chi connectivity index (χ1n) is 6.26. The molecule has 2 aromatic rings. The van der Waals surface area contributed by atoms with Crippen molar-refractivity contribution in [2.45, 2.75) is 11.8 Å². The Hall–Kier alpha value is -1.72. The number of thiophene rings is 1. The second-order valence-electron chi connectivity index (χ2n) is 4.21. The Morgan fingerprint density at radius 3 is 3.00 bits per heavy atom. The summed E-state index contributed by atoms with van der Waals surface area (Å²) < 4.78 is 5.50. The first-order chi connectivity index (χ1) is 9.76. The van der Waals surface area contributed by atoms with Crippen molar-refractivity contribution in [2.24, 2.45) is 0 Å². The molecule has 3 rings (SSSR count). The van der Waals surface area contributed by atoms with Gasteiger partial charge in [0.1, 0.15) is 5.75 Å². The van der Waals surface area contributed by atoms with Crippen LogP contribution in [0, 0.1) is 0 Å². The highest BCUT2D eigenvalue weighted by molar-refractivity contribution is 8.04. The normalized spacial score (nSPS) is 15.8. The quantitative estimate of drug-likeness (QED) is 0.862. The van der Waals surface area contributed by atoms with Gasteiger partial charge in [-0.05, 0) is 53.6 Å². The third kappa shape index (κ3) is 2.73. The number of carbonyl (C=O) groups is 1. The number of hydrogen-bond donors (Lipinski definition) is 1. The number of carbonyl (C=O) groups excluding carboxylic acids is 1. The Bertz CT molecular complexity index is 663. The molecule has 20 heavy (non-hydrogen) atoms. The number of hydrogen-bond acceptors (Lipinski definition) is 4. The molecule has 1 aromatic carbocycles. The number of anilines is 1. The zero-order chi connectivity index (χ0) is 13.9. The van der Waals surface area contributed by atoms with Gasteiger partial charge in [0.15, 0.2) is 0 Å². The predicted molar refractivity (Wildman–Crippen MR) is 84.4 cm³/mol. The van der Waals surface area contributed by atoms with Crippen LogP contribution in [0.25, 0.3) is 6.08 Å². The Morgan fingerprint density at radius 1 is 1.35 bits per heavy atom. The fraction of sp³-hybridized carbons (Fsp3) is 0.133. The molecule has 102 valence electrons. The van der Waals surface area contributed by atoms with E-state index in [0.29, 0.717) is 11.5 Å². The molecule has 1 N–H and O–H groups in total. The highest BCUT2D eigenvalue weighted by Gasteiger charge is 2.21. The average molecular weight is 303 g/mol. The first kappa shape index (κ1) is 13.3. The molecule has 1 aromatic heterocycles. The third-order valence-electron chi connectivity index (χ3n) is 2.80. The van der Waals surface area contributed by atoms with Gasteiger partial charge in [0.05, 0.1) is 17.2 Å². The zero-order valence-corrected chi connectivity index (χ0v) is 12.5. The van der Waals surface area contributed by atoms with Gasteiger partial charge in [0.25, 0.3) is 5.91 Å². The van der Waals surface area contributed by atoms with E-state index >= 15 is 0 Å². The largest absolute Gasteiger partial charge is 0.494 e. The first-order valence-corrected chi connectivity index (χ1v) is 8.02. The van der Waals surface area contributed by atoms with Crippen LogP contribution in [0.3, 0.4) is 0 Å². The molecule has 3 nitrogen and oxygen atoms in total. The number of fused-ring (bicyclic) bond motifs is 1. The SMILES string of the molecule is CCOc1ccc2c(c1)S/C(=C\c1ccsc1)C(=O)N2. The maximum atomic E-state index is 12.1. The smallest absolute Gasteiger partial charge is 0.262 e. The van der Waals surface area contributed by atoms with E-state index in [4.69, 9.17) is 4.74 Å². The number of nitrogens with one attached hydrogen (secondary N) is 1. The van der Waals surface area contributed by atoms with E-state index in [-0.39, 0.29) is 5.91 Å². The lowest BCUT2D eigenvalue weighted by atomic mass is 10.2. The summed E-state index contributed by atoms with van der Waals surface area (Å²) in [7, 11) is 0. The van der Waals surface area contributed by atoms with E-state index in [1.165, 1.54) is 11.8 Å². The van der Waals surface area contributed by atoms with Gasteiger partial charge in [-0.2, -0.15) is 11.3 Å². The van der Waals surface area contributed by atoms with Gasteiger partial charge in [-0.25, -0.2) is 0 Å². The summed E-state index contributed by atoms with van der Waals surface area (Å²) in [6.45, 7) is 2.59. The van der Waals surface area contributed by atoms with Crippen molar-refractivity contribution in [3.63, 3.8) is 0 Å². The van der Waals surface area contributed by atoms with Gasteiger partial charge < -0.3 is 10.1 Å². The van der Waals surface area contributed by atoms with Crippen LogP contribution in [-0.2, 0) is 4.79 Å². The zero-order valence-electron chi connectivity index (χ0n) is 10.9. The molecule has 5 heteroatoms. The van der Waals surface area contributed by atoms with Gasteiger partial charge in [-0.3, -0.25) is 4.79 Å². The highest BCUT2D eigenvalue weighted by Crippen LogP contribution is 2.40. The molecule has 1 aliphatic rings. The standard InChI is InChI=1S/C15H13NO2S2/c1-2-18-11-3-4-12-13(8-11)20-14(15(17)16-12)7-10-5-6-19-9-10/h3-9H,2H2,1H3,(H,16,17)/b14-7-. The molecule has 0 atom stereocenters. The fourth-order valence-corrected chi connectivity index (χ4v) is 3.50. The van der Waals surface area contributed by atoms with Crippen molar-refractivity contribution < 1.29 is 9.53 Å². The number of thioether (sulfide) groups is 1. The maximum Gasteiger partial charge on any atom is 0.262 e. The molecular formula is C15H13NO2S2. The molecule has 2 heterocycles. The van der Waals surface area contributed by atoms with Crippen molar-refractivity contribution >= 4 is 40.8 Å². The summed E-state index contributed by atoms with van der Waals surface area (Å²) in [5.74, 6) is 0.766. The van der Waals surface area contributed by atoms with E-state index in [2.05, 4.69) is 5.32 Å². The molecule has 0 bridgehead atoms. The Kier molecular flexibility index (Phi) is 3.80. The Morgan fingerprint density at radius 2 is 2.25 bits per heavy atom. The van der Waals surface area contributed by atoms with Crippen molar-refractivity contribution in [3.05, 3.63) is 45.5 Å². The van der Waals surface area contributed by atoms with Crippen LogP contribution in [0.4, 0.5) is 5.69 Å². The minimum atomic E-state index is -0.0575. The number of rotatable bonds is 3. The summed E-state index contributed by atoms with van der Waals surface area (Å²) in [5.41, 5.74) is 1.89. The molecule has 0 saturated carbocycles. The van der Waals surface area contributed by atoms with E-state index < -0.39 is 0 Å². The molecule has 1 aliphatic heterocycles. The minimum Gasteiger partial charge on any atom is -0.494 e. The van der Waals surface area contributed by atoms with Crippen LogP contribution in [0.15, 0.2) is 44.8 Å². The van der Waals surface area contributed by atoms with Crippen LogP contribution in [0.1, 0.15) is 12.5 Å². The second kappa shape index (κ2) is 5.73. The number of ether oxygens (including phenoxy) is 1. The Labute approximate surface area is 125 Å². The summed E-state index contributed by atoms with van der Waals surface area (Å²) in [6, 6.07) is 7.71. The van der Waals surface area contributed by atoms with E-state index in [9.17, 15) is 4.79 Å². The fourth-order valence-electron chi connectivity index (χ4n) is 1.90. The topological polar surface area (TPSA) is 38.3 Å². The van der Waals surface area contributed by atoms with Crippen LogP contribution < -0.4 is 10.1 Å². The highest BCUT2D eigenvalue weighted by atomic mass is 32.2. The molecule has 1 amide bonds. The van der Waals surface area contributed by atoms with Crippen LogP contribution in [0.2, 0.25) is 0 Å². The monoisotopic (exact) mass is 303 g/mol. The van der Waals surface area contributed by atoms with E-state index in [0.717, 1.165) is 21.9 Å². The molecular weight excluding hydrogens is 290 g/mol. The predicted octanol–water partition coefficient (Wildman–Crippen LogP) is 4.23. The van der Waals surface area contributed by atoms with Crippen molar-refractivity contribution in [1.82, 2.24) is 0 Å². The lowest BCUT2D eigenvalue weighted by Crippen LogP contribution is -2.17. The maximum absolute atomic E-state index is 12.1. The summed E-state index contributed by atoms with van der Waals surface area (Å²) in [5, 5.41) is 6.93. The van der Waals surface area contributed by atoms with Crippen LogP contribution >= 0.6 is 23.1 Å². The lowest BCUT2D eigenvalue weighted by molar-refractivity contribution is -0.112. The second-order valence-corrected chi connectivity index (χ2v) is 6.08. The van der Waals surface area contributed by atoms with Gasteiger partial charge in [0, 0.05) is 4.90 Å². The number of benzene rings is 1. The summed E-state index contributed by atoms with van der Waals surface area (Å²) in [6.07, 6.45) is 1.91. The van der Waals surface area contributed by atoms with E-state index in [1.807, 2.05) is 48.0 Å². The molecule has 0 saturated heterocycles. The number of amides is 1. The minimum absolute atomic E-state index is 0.0575. The van der Waals surface area contributed by atoms with Gasteiger partial charge >= 0.3 is 0 Å². The summed E-state index contributed by atoms with van der Waals surface area (Å²) >= 11 is 3.10. The van der Waals surface area contributed by atoms with Gasteiger partial charge in [0.2, 0.25) is 0 Å².